The molecule has 2 aromatic rings. The Labute approximate surface area is 150 Å². The van der Waals surface area contributed by atoms with Crippen molar-refractivity contribution in [2.45, 2.75) is 38.5 Å². The fraction of sp³-hybridized carbons (Fsp3) is 0.474. The SMILES string of the molecule is O=C(Nc1nnc(Cc2ccccc2)s1)C1CC2CCCC(C1)C2=O. The van der Waals surface area contributed by atoms with Crippen molar-refractivity contribution in [1.29, 1.82) is 0 Å². The van der Waals surface area contributed by atoms with Crippen molar-refractivity contribution in [1.82, 2.24) is 10.2 Å². The van der Waals surface area contributed by atoms with E-state index in [-0.39, 0.29) is 23.7 Å². The predicted molar refractivity (Wildman–Crippen MR) is 96.3 cm³/mol. The van der Waals surface area contributed by atoms with Gasteiger partial charge < -0.3 is 5.32 Å². The third kappa shape index (κ3) is 3.63. The molecule has 1 aromatic carbocycles. The molecule has 0 aliphatic heterocycles. The summed E-state index contributed by atoms with van der Waals surface area (Å²) >= 11 is 1.42. The molecule has 2 unspecified atom stereocenters. The molecule has 4 rings (SSSR count). The summed E-state index contributed by atoms with van der Waals surface area (Å²) in [5.74, 6) is 0.482. The van der Waals surface area contributed by atoms with Crippen LogP contribution in [0.2, 0.25) is 0 Å². The molecule has 1 N–H and O–H groups in total. The van der Waals surface area contributed by atoms with Crippen molar-refractivity contribution >= 4 is 28.2 Å². The van der Waals surface area contributed by atoms with Gasteiger partial charge in [0.25, 0.3) is 0 Å². The van der Waals surface area contributed by atoms with Crippen LogP contribution < -0.4 is 5.32 Å². The van der Waals surface area contributed by atoms with Crippen molar-refractivity contribution in [3.8, 4) is 0 Å². The molecule has 5 nitrogen and oxygen atoms in total. The molecule has 1 aromatic heterocycles. The summed E-state index contributed by atoms with van der Waals surface area (Å²) in [5, 5.41) is 12.6. The lowest BCUT2D eigenvalue weighted by molar-refractivity contribution is -0.136. The molecule has 2 atom stereocenters. The Morgan fingerprint density at radius 1 is 1.12 bits per heavy atom. The van der Waals surface area contributed by atoms with E-state index in [0.717, 1.165) is 30.7 Å². The maximum absolute atomic E-state index is 12.6. The number of aromatic nitrogens is 2. The Balaban J connectivity index is 1.37. The third-order valence-electron chi connectivity index (χ3n) is 5.31. The van der Waals surface area contributed by atoms with E-state index >= 15 is 0 Å². The van der Waals surface area contributed by atoms with Gasteiger partial charge in [0.05, 0.1) is 0 Å². The van der Waals surface area contributed by atoms with Crippen LogP contribution in [0, 0.1) is 17.8 Å². The molecule has 1 heterocycles. The van der Waals surface area contributed by atoms with Gasteiger partial charge in [0.15, 0.2) is 0 Å². The number of benzene rings is 1. The first-order valence-corrected chi connectivity index (χ1v) is 9.71. The van der Waals surface area contributed by atoms with Crippen molar-refractivity contribution in [2.24, 2.45) is 17.8 Å². The number of nitrogens with one attached hydrogen (secondary N) is 1. The Bertz CT molecular complexity index is 758. The lowest BCUT2D eigenvalue weighted by Crippen LogP contribution is -2.40. The van der Waals surface area contributed by atoms with Crippen molar-refractivity contribution < 1.29 is 9.59 Å². The highest BCUT2D eigenvalue weighted by Gasteiger charge is 2.41. The minimum Gasteiger partial charge on any atom is -0.300 e. The summed E-state index contributed by atoms with van der Waals surface area (Å²) in [5.41, 5.74) is 1.18. The monoisotopic (exact) mass is 355 g/mol. The number of carbonyl (C=O) groups is 2. The van der Waals surface area contributed by atoms with Crippen LogP contribution in [0.25, 0.3) is 0 Å². The fourth-order valence-electron chi connectivity index (χ4n) is 4.05. The molecule has 130 valence electrons. The van der Waals surface area contributed by atoms with E-state index in [0.29, 0.717) is 23.8 Å². The Morgan fingerprint density at radius 2 is 1.84 bits per heavy atom. The number of hydrogen-bond donors (Lipinski definition) is 1. The van der Waals surface area contributed by atoms with E-state index in [9.17, 15) is 9.59 Å². The number of ketones is 1. The first kappa shape index (κ1) is 16.4. The van der Waals surface area contributed by atoms with E-state index < -0.39 is 0 Å². The Kier molecular flexibility index (Phi) is 4.61. The molecular formula is C19H21N3O2S. The van der Waals surface area contributed by atoms with Gasteiger partial charge in [-0.15, -0.1) is 10.2 Å². The third-order valence-corrected chi connectivity index (χ3v) is 6.15. The normalized spacial score (nSPS) is 25.6. The number of carbonyl (C=O) groups excluding carboxylic acids is 2. The second-order valence-corrected chi connectivity index (χ2v) is 8.11. The fourth-order valence-corrected chi connectivity index (χ4v) is 4.82. The van der Waals surface area contributed by atoms with Gasteiger partial charge in [-0.1, -0.05) is 48.1 Å². The lowest BCUT2D eigenvalue weighted by atomic mass is 9.67. The average Bonchev–Trinajstić information content (AvgIpc) is 3.02. The van der Waals surface area contributed by atoms with Crippen LogP contribution >= 0.6 is 11.3 Å². The lowest BCUT2D eigenvalue weighted by Gasteiger charge is -2.36. The first-order chi connectivity index (χ1) is 12.2. The van der Waals surface area contributed by atoms with Crippen LogP contribution in [0.4, 0.5) is 5.13 Å². The van der Waals surface area contributed by atoms with Crippen molar-refractivity contribution in [3.63, 3.8) is 0 Å². The van der Waals surface area contributed by atoms with Gasteiger partial charge in [-0.3, -0.25) is 9.59 Å². The Morgan fingerprint density at radius 3 is 2.56 bits per heavy atom. The van der Waals surface area contributed by atoms with Crippen LogP contribution in [0.5, 0.6) is 0 Å². The minimum atomic E-state index is -0.0746. The number of Topliss-reactive ketones (excluding diaryl/α,β-unsaturated/α-hetero) is 1. The number of fused-ring (bicyclic) bond motifs is 2. The van der Waals surface area contributed by atoms with E-state index in [1.165, 1.54) is 16.9 Å². The summed E-state index contributed by atoms with van der Waals surface area (Å²) in [6, 6.07) is 10.1. The molecular weight excluding hydrogens is 334 g/mol. The summed E-state index contributed by atoms with van der Waals surface area (Å²) < 4.78 is 0. The molecule has 2 fully saturated rings. The smallest absolute Gasteiger partial charge is 0.229 e. The van der Waals surface area contributed by atoms with E-state index in [1.54, 1.807) is 0 Å². The van der Waals surface area contributed by atoms with Crippen LogP contribution in [0.1, 0.15) is 42.7 Å². The largest absolute Gasteiger partial charge is 0.300 e. The van der Waals surface area contributed by atoms with Gasteiger partial charge in [0.2, 0.25) is 11.0 Å². The van der Waals surface area contributed by atoms with Gasteiger partial charge in [0, 0.05) is 24.2 Å². The van der Waals surface area contributed by atoms with Crippen LogP contribution in [-0.4, -0.2) is 21.9 Å². The average molecular weight is 355 g/mol. The highest BCUT2D eigenvalue weighted by atomic mass is 32.1. The molecule has 2 aliphatic rings. The molecule has 2 saturated carbocycles. The second kappa shape index (κ2) is 7.04. The minimum absolute atomic E-state index is 0.00758. The van der Waals surface area contributed by atoms with E-state index in [2.05, 4.69) is 27.6 Å². The van der Waals surface area contributed by atoms with E-state index in [1.807, 2.05) is 18.2 Å². The highest BCUT2D eigenvalue weighted by molar-refractivity contribution is 7.15. The second-order valence-electron chi connectivity index (χ2n) is 7.05. The van der Waals surface area contributed by atoms with E-state index in [4.69, 9.17) is 0 Å². The zero-order valence-electron chi connectivity index (χ0n) is 14.0. The van der Waals surface area contributed by atoms with Gasteiger partial charge in [-0.25, -0.2) is 0 Å². The summed E-state index contributed by atoms with van der Waals surface area (Å²) in [6.45, 7) is 0. The standard InChI is InChI=1S/C19H21N3O2S/c23-17-13-7-4-8-14(17)11-15(10-13)18(24)20-19-22-21-16(25-19)9-12-5-2-1-3-6-12/h1-3,5-6,13-15H,4,7-11H2,(H,20,22,24). The predicted octanol–water partition coefficient (Wildman–Crippen LogP) is 3.46. The van der Waals surface area contributed by atoms with Crippen molar-refractivity contribution in [3.05, 3.63) is 40.9 Å². The highest BCUT2D eigenvalue weighted by Crippen LogP contribution is 2.40. The molecule has 0 saturated heterocycles. The zero-order valence-corrected chi connectivity index (χ0v) is 14.8. The number of rotatable bonds is 4. The first-order valence-electron chi connectivity index (χ1n) is 8.90. The van der Waals surface area contributed by atoms with Gasteiger partial charge in [-0.05, 0) is 31.2 Å². The zero-order chi connectivity index (χ0) is 17.2. The summed E-state index contributed by atoms with van der Waals surface area (Å²) in [4.78, 5) is 24.7. The molecule has 2 aliphatic carbocycles. The molecule has 0 spiro atoms. The van der Waals surface area contributed by atoms with Crippen LogP contribution in [0.3, 0.4) is 0 Å². The van der Waals surface area contributed by atoms with Gasteiger partial charge in [0.1, 0.15) is 10.8 Å². The molecule has 0 radical (unpaired) electrons. The summed E-state index contributed by atoms with van der Waals surface area (Å²) in [7, 11) is 0. The van der Waals surface area contributed by atoms with Gasteiger partial charge in [-0.2, -0.15) is 0 Å². The molecule has 2 bridgehead atoms. The molecule has 25 heavy (non-hydrogen) atoms. The number of amides is 1. The molecule has 6 heteroatoms. The quantitative estimate of drug-likeness (QED) is 0.911. The topological polar surface area (TPSA) is 72.0 Å². The van der Waals surface area contributed by atoms with Crippen LogP contribution in [0.15, 0.2) is 30.3 Å². The number of hydrogen-bond acceptors (Lipinski definition) is 5. The van der Waals surface area contributed by atoms with Crippen molar-refractivity contribution in [2.75, 3.05) is 5.32 Å². The number of nitrogens with zero attached hydrogens (tertiary/aromatic N) is 2. The van der Waals surface area contributed by atoms with Crippen LogP contribution in [-0.2, 0) is 16.0 Å². The van der Waals surface area contributed by atoms with Gasteiger partial charge >= 0.3 is 0 Å². The summed E-state index contributed by atoms with van der Waals surface area (Å²) in [6.07, 6.45) is 5.11. The maximum atomic E-state index is 12.6. The number of anilines is 1. The maximum Gasteiger partial charge on any atom is 0.229 e. The molecule has 1 amide bonds. The Hall–Kier alpha value is -2.08.